The van der Waals surface area contributed by atoms with Crippen molar-refractivity contribution in [3.05, 3.63) is 33.7 Å². The molecule has 0 saturated heterocycles. The van der Waals surface area contributed by atoms with E-state index in [0.29, 0.717) is 18.1 Å². The molecule has 96 valence electrons. The van der Waals surface area contributed by atoms with Gasteiger partial charge in [-0.05, 0) is 18.8 Å². The Morgan fingerprint density at radius 2 is 2.29 bits per heavy atom. The van der Waals surface area contributed by atoms with Crippen molar-refractivity contribution < 1.29 is 9.66 Å². The first kappa shape index (κ1) is 13.7. The van der Waals surface area contributed by atoms with E-state index in [1.807, 2.05) is 0 Å². The summed E-state index contributed by atoms with van der Waals surface area (Å²) >= 11 is 0. The average molecular weight is 240 g/mol. The number of rotatable bonds is 5. The first-order valence-corrected chi connectivity index (χ1v) is 5.77. The van der Waals surface area contributed by atoms with E-state index in [-0.39, 0.29) is 5.70 Å². The minimum atomic E-state index is -0.519. The van der Waals surface area contributed by atoms with E-state index in [9.17, 15) is 10.1 Å². The van der Waals surface area contributed by atoms with Gasteiger partial charge in [-0.1, -0.05) is 19.9 Å². The predicted octanol–water partition coefficient (Wildman–Crippen LogP) is 2.21. The average Bonchev–Trinajstić information content (AvgIpc) is 2.26. The highest BCUT2D eigenvalue weighted by molar-refractivity contribution is 5.28. The van der Waals surface area contributed by atoms with E-state index in [2.05, 4.69) is 13.8 Å². The summed E-state index contributed by atoms with van der Waals surface area (Å²) in [4.78, 5) is 10.3. The van der Waals surface area contributed by atoms with Gasteiger partial charge in [0.2, 0.25) is 0 Å². The van der Waals surface area contributed by atoms with Crippen LogP contribution in [0.2, 0.25) is 0 Å². The highest BCUT2D eigenvalue weighted by atomic mass is 16.6. The number of nitrogens with zero attached hydrogens (tertiary/aromatic N) is 1. The molecule has 0 bridgehead atoms. The fraction of sp³-hybridized carbons (Fsp3) is 0.667. The van der Waals surface area contributed by atoms with E-state index in [1.54, 1.807) is 6.08 Å². The summed E-state index contributed by atoms with van der Waals surface area (Å²) in [6.45, 7) is 4.26. The molecule has 0 aromatic rings. The van der Waals surface area contributed by atoms with Crippen LogP contribution in [0.3, 0.4) is 0 Å². The lowest BCUT2D eigenvalue weighted by atomic mass is 9.84. The maximum absolute atomic E-state index is 10.8. The van der Waals surface area contributed by atoms with E-state index in [0.717, 1.165) is 12.8 Å². The Morgan fingerprint density at radius 3 is 2.76 bits per heavy atom. The molecule has 5 nitrogen and oxygen atoms in total. The molecule has 0 amide bonds. The van der Waals surface area contributed by atoms with Crippen molar-refractivity contribution in [3.63, 3.8) is 0 Å². The van der Waals surface area contributed by atoms with Gasteiger partial charge >= 0.3 is 5.70 Å². The second-order valence-corrected chi connectivity index (χ2v) is 4.95. The Bertz CT molecular complexity index is 361. The topological polar surface area (TPSA) is 78.4 Å². The Kier molecular flexibility index (Phi) is 4.28. The van der Waals surface area contributed by atoms with E-state index in [1.165, 1.54) is 13.2 Å². The van der Waals surface area contributed by atoms with Gasteiger partial charge in [-0.15, -0.1) is 0 Å². The summed E-state index contributed by atoms with van der Waals surface area (Å²) in [6, 6.07) is 0. The molecule has 1 atom stereocenters. The SMILES string of the molecule is COC1=C([N+](=O)[O-])C=CC(N)(CCC(C)C)C1. The molecule has 1 unspecified atom stereocenters. The Morgan fingerprint density at radius 1 is 1.65 bits per heavy atom. The van der Waals surface area contributed by atoms with Crippen LogP contribution in [0.25, 0.3) is 0 Å². The summed E-state index contributed by atoms with van der Waals surface area (Å²) in [5.74, 6) is 0.930. The predicted molar refractivity (Wildman–Crippen MR) is 65.8 cm³/mol. The molecule has 5 heteroatoms. The third-order valence-electron chi connectivity index (χ3n) is 2.98. The first-order chi connectivity index (χ1) is 7.88. The molecule has 0 heterocycles. The van der Waals surface area contributed by atoms with Gasteiger partial charge in [0.05, 0.1) is 12.0 Å². The van der Waals surface area contributed by atoms with Crippen LogP contribution in [0.1, 0.15) is 33.1 Å². The van der Waals surface area contributed by atoms with Crippen LogP contribution >= 0.6 is 0 Å². The second-order valence-electron chi connectivity index (χ2n) is 4.95. The van der Waals surface area contributed by atoms with Gasteiger partial charge in [0.15, 0.2) is 5.76 Å². The van der Waals surface area contributed by atoms with Gasteiger partial charge in [0.1, 0.15) is 0 Å². The molecule has 17 heavy (non-hydrogen) atoms. The van der Waals surface area contributed by atoms with Crippen molar-refractivity contribution in [2.24, 2.45) is 11.7 Å². The van der Waals surface area contributed by atoms with Gasteiger partial charge in [-0.25, -0.2) is 0 Å². The van der Waals surface area contributed by atoms with Crippen LogP contribution in [0, 0.1) is 16.0 Å². The standard InChI is InChI=1S/C12H20N2O3/c1-9(2)4-6-12(13)7-5-10(14(15)16)11(8-12)17-3/h5,7,9H,4,6,8,13H2,1-3H3. The molecule has 1 rings (SSSR count). The monoisotopic (exact) mass is 240 g/mol. The summed E-state index contributed by atoms with van der Waals surface area (Å²) < 4.78 is 5.07. The number of nitrogens with two attached hydrogens (primary N) is 1. The maximum atomic E-state index is 10.8. The Labute approximate surface area is 101 Å². The Balaban J connectivity index is 2.80. The second kappa shape index (κ2) is 5.31. The van der Waals surface area contributed by atoms with Gasteiger partial charge in [0, 0.05) is 18.0 Å². The smallest absolute Gasteiger partial charge is 0.306 e. The summed E-state index contributed by atoms with van der Waals surface area (Å²) in [6.07, 6.45) is 5.38. The molecule has 2 N–H and O–H groups in total. The molecule has 0 saturated carbocycles. The number of methoxy groups -OCH3 is 1. The summed E-state index contributed by atoms with van der Waals surface area (Å²) in [7, 11) is 1.45. The molecule has 0 spiro atoms. The number of nitro groups is 1. The normalized spacial score (nSPS) is 24.3. The zero-order chi connectivity index (χ0) is 13.1. The van der Waals surface area contributed by atoms with Crippen molar-refractivity contribution >= 4 is 0 Å². The molecule has 0 fully saturated rings. The number of hydrogen-bond acceptors (Lipinski definition) is 4. The highest BCUT2D eigenvalue weighted by Gasteiger charge is 2.32. The van der Waals surface area contributed by atoms with Crippen molar-refractivity contribution in [1.29, 1.82) is 0 Å². The van der Waals surface area contributed by atoms with Gasteiger partial charge in [0.25, 0.3) is 0 Å². The number of ether oxygens (including phenoxy) is 1. The fourth-order valence-corrected chi connectivity index (χ4v) is 1.85. The lowest BCUT2D eigenvalue weighted by Gasteiger charge is -2.29. The van der Waals surface area contributed by atoms with Crippen LogP contribution in [0.4, 0.5) is 0 Å². The Hall–Kier alpha value is -1.36. The van der Waals surface area contributed by atoms with E-state index < -0.39 is 10.5 Å². The molecular weight excluding hydrogens is 220 g/mol. The summed E-state index contributed by atoms with van der Waals surface area (Å²) in [5, 5.41) is 10.8. The van der Waals surface area contributed by atoms with E-state index in [4.69, 9.17) is 10.5 Å². The first-order valence-electron chi connectivity index (χ1n) is 5.77. The third kappa shape index (κ3) is 3.56. The van der Waals surface area contributed by atoms with Crippen LogP contribution in [0.15, 0.2) is 23.6 Å². The maximum Gasteiger partial charge on any atom is 0.306 e. The minimum absolute atomic E-state index is 0.0121. The van der Waals surface area contributed by atoms with Gasteiger partial charge < -0.3 is 10.5 Å². The van der Waals surface area contributed by atoms with Gasteiger partial charge in [-0.2, -0.15) is 0 Å². The number of allylic oxidation sites excluding steroid dienone is 1. The van der Waals surface area contributed by atoms with Crippen molar-refractivity contribution in [2.45, 2.75) is 38.6 Å². The minimum Gasteiger partial charge on any atom is -0.494 e. The van der Waals surface area contributed by atoms with Crippen LogP contribution in [-0.2, 0) is 4.74 Å². The van der Waals surface area contributed by atoms with Crippen LogP contribution in [0.5, 0.6) is 0 Å². The highest BCUT2D eigenvalue weighted by Crippen LogP contribution is 2.30. The van der Waals surface area contributed by atoms with Crippen LogP contribution < -0.4 is 5.73 Å². The summed E-state index contributed by atoms with van der Waals surface area (Å²) in [5.41, 5.74) is 5.71. The van der Waals surface area contributed by atoms with Crippen molar-refractivity contribution in [2.75, 3.05) is 7.11 Å². The number of hydrogen-bond donors (Lipinski definition) is 1. The molecular formula is C12H20N2O3. The van der Waals surface area contributed by atoms with Gasteiger partial charge in [-0.3, -0.25) is 10.1 Å². The molecule has 0 aromatic heterocycles. The molecule has 0 radical (unpaired) electrons. The quantitative estimate of drug-likeness (QED) is 0.590. The largest absolute Gasteiger partial charge is 0.494 e. The molecule has 0 aliphatic heterocycles. The lowest BCUT2D eigenvalue weighted by molar-refractivity contribution is -0.422. The third-order valence-corrected chi connectivity index (χ3v) is 2.98. The zero-order valence-electron chi connectivity index (χ0n) is 10.6. The van der Waals surface area contributed by atoms with Crippen LogP contribution in [-0.4, -0.2) is 17.6 Å². The molecule has 0 aromatic carbocycles. The molecule has 1 aliphatic rings. The van der Waals surface area contributed by atoms with Crippen molar-refractivity contribution in [1.82, 2.24) is 0 Å². The van der Waals surface area contributed by atoms with E-state index >= 15 is 0 Å². The molecule has 1 aliphatic carbocycles. The zero-order valence-corrected chi connectivity index (χ0v) is 10.6. The lowest BCUT2D eigenvalue weighted by Crippen LogP contribution is -2.40. The van der Waals surface area contributed by atoms with Crippen molar-refractivity contribution in [3.8, 4) is 0 Å². The fourth-order valence-electron chi connectivity index (χ4n) is 1.85.